The van der Waals surface area contributed by atoms with E-state index in [9.17, 15) is 13.2 Å². The molecule has 1 N–H and O–H groups in total. The Labute approximate surface area is 124 Å². The molecule has 1 aliphatic heterocycles. The summed E-state index contributed by atoms with van der Waals surface area (Å²) in [5.41, 5.74) is 0. The van der Waals surface area contributed by atoms with Gasteiger partial charge < -0.3 is 10.2 Å². The zero-order valence-corrected chi connectivity index (χ0v) is 12.8. The summed E-state index contributed by atoms with van der Waals surface area (Å²) in [5.74, 6) is 0.407. The van der Waals surface area contributed by atoms with E-state index in [0.29, 0.717) is 5.95 Å². The molecule has 0 bridgehead atoms. The number of amides is 1. The molecule has 2 heterocycles. The van der Waals surface area contributed by atoms with E-state index in [1.165, 1.54) is 0 Å². The molecule has 2 rings (SSSR count). The molecule has 0 aromatic carbocycles. The molecule has 1 aromatic heterocycles. The van der Waals surface area contributed by atoms with Crippen molar-refractivity contribution in [3.8, 4) is 0 Å². The number of sulfone groups is 1. The van der Waals surface area contributed by atoms with Crippen molar-refractivity contribution in [3.63, 3.8) is 0 Å². The van der Waals surface area contributed by atoms with Gasteiger partial charge in [0.15, 0.2) is 0 Å². The van der Waals surface area contributed by atoms with Crippen molar-refractivity contribution in [2.24, 2.45) is 0 Å². The van der Waals surface area contributed by atoms with Crippen molar-refractivity contribution in [1.82, 2.24) is 15.3 Å². The van der Waals surface area contributed by atoms with E-state index in [0.717, 1.165) is 32.2 Å². The van der Waals surface area contributed by atoms with Crippen LogP contribution in [-0.2, 0) is 14.6 Å². The number of aromatic nitrogens is 2. The quantitative estimate of drug-likeness (QED) is 0.822. The van der Waals surface area contributed by atoms with E-state index in [-0.39, 0.29) is 24.1 Å². The van der Waals surface area contributed by atoms with Gasteiger partial charge in [0, 0.05) is 44.2 Å². The van der Waals surface area contributed by atoms with Gasteiger partial charge in [0.2, 0.25) is 11.9 Å². The van der Waals surface area contributed by atoms with Gasteiger partial charge in [-0.25, -0.2) is 18.4 Å². The molecule has 21 heavy (non-hydrogen) atoms. The fourth-order valence-electron chi connectivity index (χ4n) is 2.26. The van der Waals surface area contributed by atoms with E-state index in [1.54, 1.807) is 18.5 Å². The first-order valence-electron chi connectivity index (χ1n) is 6.93. The Hall–Kier alpha value is -1.70. The van der Waals surface area contributed by atoms with Gasteiger partial charge in [-0.3, -0.25) is 4.79 Å². The van der Waals surface area contributed by atoms with E-state index in [4.69, 9.17) is 0 Å². The topological polar surface area (TPSA) is 92.3 Å². The number of nitrogens with one attached hydrogen (secondary N) is 1. The maximum Gasteiger partial charge on any atom is 0.225 e. The normalized spacial score (nSPS) is 16.7. The van der Waals surface area contributed by atoms with Gasteiger partial charge in [-0.1, -0.05) is 0 Å². The van der Waals surface area contributed by atoms with Crippen molar-refractivity contribution >= 4 is 21.7 Å². The van der Waals surface area contributed by atoms with Crippen LogP contribution in [0.2, 0.25) is 0 Å². The van der Waals surface area contributed by atoms with Gasteiger partial charge in [-0.2, -0.15) is 0 Å². The Morgan fingerprint density at radius 2 is 1.95 bits per heavy atom. The first-order chi connectivity index (χ1) is 9.94. The molecule has 0 saturated carbocycles. The standard InChI is InChI=1S/C13H20N4O3S/c1-21(19,20)10-5-12(18)16-11-3-8-17(9-4-11)13-14-6-2-7-15-13/h2,6-7,11H,3-5,8-10H2,1H3,(H,16,18). The molecule has 1 aliphatic rings. The minimum Gasteiger partial charge on any atom is -0.353 e. The number of piperidine rings is 1. The molecule has 0 unspecified atom stereocenters. The SMILES string of the molecule is CS(=O)(=O)CCC(=O)NC1CCN(c2ncccn2)CC1. The summed E-state index contributed by atoms with van der Waals surface area (Å²) >= 11 is 0. The number of hydrogen-bond donors (Lipinski definition) is 1. The fraction of sp³-hybridized carbons (Fsp3) is 0.615. The summed E-state index contributed by atoms with van der Waals surface area (Å²) in [6.07, 6.45) is 6.20. The minimum absolute atomic E-state index is 0.0286. The second-order valence-corrected chi connectivity index (χ2v) is 7.52. The van der Waals surface area contributed by atoms with Crippen molar-refractivity contribution in [1.29, 1.82) is 0 Å². The lowest BCUT2D eigenvalue weighted by atomic mass is 10.1. The third-order valence-electron chi connectivity index (χ3n) is 3.39. The summed E-state index contributed by atoms with van der Waals surface area (Å²) in [6, 6.07) is 1.87. The molecule has 116 valence electrons. The van der Waals surface area contributed by atoms with Crippen LogP contribution in [0.15, 0.2) is 18.5 Å². The summed E-state index contributed by atoms with van der Waals surface area (Å²) in [6.45, 7) is 1.56. The highest BCUT2D eigenvalue weighted by molar-refractivity contribution is 7.90. The second kappa shape index (κ2) is 6.84. The van der Waals surface area contributed by atoms with Gasteiger partial charge in [-0.15, -0.1) is 0 Å². The molecule has 8 heteroatoms. The Morgan fingerprint density at radius 1 is 1.33 bits per heavy atom. The molecule has 1 fully saturated rings. The lowest BCUT2D eigenvalue weighted by molar-refractivity contribution is -0.121. The van der Waals surface area contributed by atoms with Crippen molar-refractivity contribution in [3.05, 3.63) is 18.5 Å². The van der Waals surface area contributed by atoms with Gasteiger partial charge in [-0.05, 0) is 18.9 Å². The Balaban J connectivity index is 1.75. The average molecular weight is 312 g/mol. The zero-order valence-electron chi connectivity index (χ0n) is 12.0. The molecular formula is C13H20N4O3S. The number of carbonyl (C=O) groups excluding carboxylic acids is 1. The van der Waals surface area contributed by atoms with Crippen LogP contribution in [0.3, 0.4) is 0 Å². The first-order valence-corrected chi connectivity index (χ1v) is 8.99. The van der Waals surface area contributed by atoms with Crippen molar-refractivity contribution in [2.45, 2.75) is 25.3 Å². The maximum atomic E-state index is 11.7. The molecular weight excluding hydrogens is 292 g/mol. The van der Waals surface area contributed by atoms with E-state index in [2.05, 4.69) is 20.2 Å². The predicted molar refractivity (Wildman–Crippen MR) is 79.7 cm³/mol. The highest BCUT2D eigenvalue weighted by Gasteiger charge is 2.22. The van der Waals surface area contributed by atoms with Crippen LogP contribution in [-0.4, -0.2) is 55.4 Å². The molecule has 1 saturated heterocycles. The maximum absolute atomic E-state index is 11.7. The highest BCUT2D eigenvalue weighted by Crippen LogP contribution is 2.15. The van der Waals surface area contributed by atoms with E-state index >= 15 is 0 Å². The van der Waals surface area contributed by atoms with Crippen LogP contribution >= 0.6 is 0 Å². The van der Waals surface area contributed by atoms with Gasteiger partial charge in [0.1, 0.15) is 9.84 Å². The van der Waals surface area contributed by atoms with Crippen LogP contribution in [0, 0.1) is 0 Å². The lowest BCUT2D eigenvalue weighted by Crippen LogP contribution is -2.45. The van der Waals surface area contributed by atoms with Gasteiger partial charge in [0.25, 0.3) is 0 Å². The second-order valence-electron chi connectivity index (χ2n) is 5.26. The number of hydrogen-bond acceptors (Lipinski definition) is 6. The molecule has 1 amide bonds. The molecule has 0 radical (unpaired) electrons. The Bertz CT molecular complexity index is 568. The number of nitrogens with zero attached hydrogens (tertiary/aromatic N) is 3. The highest BCUT2D eigenvalue weighted by atomic mass is 32.2. The zero-order chi connectivity index (χ0) is 15.3. The van der Waals surface area contributed by atoms with Crippen molar-refractivity contribution in [2.75, 3.05) is 30.0 Å². The summed E-state index contributed by atoms with van der Waals surface area (Å²) in [4.78, 5) is 22.2. The van der Waals surface area contributed by atoms with Gasteiger partial charge in [0.05, 0.1) is 5.75 Å². The van der Waals surface area contributed by atoms with E-state index in [1.807, 2.05) is 0 Å². The van der Waals surface area contributed by atoms with Crippen LogP contribution < -0.4 is 10.2 Å². The van der Waals surface area contributed by atoms with Gasteiger partial charge >= 0.3 is 0 Å². The average Bonchev–Trinajstić information content (AvgIpc) is 2.46. The summed E-state index contributed by atoms with van der Waals surface area (Å²) < 4.78 is 22.1. The first kappa shape index (κ1) is 15.7. The Kier molecular flexibility index (Phi) is 5.11. The molecule has 7 nitrogen and oxygen atoms in total. The number of anilines is 1. The molecule has 0 aliphatic carbocycles. The smallest absolute Gasteiger partial charge is 0.225 e. The summed E-state index contributed by atoms with van der Waals surface area (Å²) in [7, 11) is -3.09. The third kappa shape index (κ3) is 5.30. The predicted octanol–water partition coefficient (Wildman–Crippen LogP) is -0.00370. The largest absolute Gasteiger partial charge is 0.353 e. The number of rotatable bonds is 5. The summed E-state index contributed by atoms with van der Waals surface area (Å²) in [5, 5.41) is 2.89. The molecule has 1 aromatic rings. The minimum atomic E-state index is -3.09. The lowest BCUT2D eigenvalue weighted by Gasteiger charge is -2.32. The fourth-order valence-corrected chi connectivity index (χ4v) is 2.81. The Morgan fingerprint density at radius 3 is 2.52 bits per heavy atom. The van der Waals surface area contributed by atoms with Crippen LogP contribution in [0.1, 0.15) is 19.3 Å². The van der Waals surface area contributed by atoms with Crippen LogP contribution in [0.25, 0.3) is 0 Å². The third-order valence-corrected chi connectivity index (χ3v) is 4.34. The van der Waals surface area contributed by atoms with E-state index < -0.39 is 9.84 Å². The molecule has 0 spiro atoms. The monoisotopic (exact) mass is 312 g/mol. The van der Waals surface area contributed by atoms with Crippen LogP contribution in [0.4, 0.5) is 5.95 Å². The van der Waals surface area contributed by atoms with Crippen molar-refractivity contribution < 1.29 is 13.2 Å². The number of carbonyl (C=O) groups is 1. The molecule has 0 atom stereocenters. The van der Waals surface area contributed by atoms with Crippen LogP contribution in [0.5, 0.6) is 0 Å².